The molecule has 0 saturated heterocycles. The van der Waals surface area contributed by atoms with Crippen LogP contribution in [0.3, 0.4) is 0 Å². The molecular weight excluding hydrogens is 184 g/mol. The number of nitriles is 1. The van der Waals surface area contributed by atoms with Crippen LogP contribution >= 0.6 is 11.8 Å². The van der Waals surface area contributed by atoms with Crippen LogP contribution in [-0.4, -0.2) is 22.5 Å². The molecule has 0 atom stereocenters. The summed E-state index contributed by atoms with van der Waals surface area (Å²) in [5.41, 5.74) is 0.437. The van der Waals surface area contributed by atoms with E-state index in [0.29, 0.717) is 5.69 Å². The summed E-state index contributed by atoms with van der Waals surface area (Å²) in [6, 6.07) is 5.53. The van der Waals surface area contributed by atoms with Crippen LogP contribution in [0.15, 0.2) is 23.2 Å². The van der Waals surface area contributed by atoms with Gasteiger partial charge >= 0.3 is 0 Å². The summed E-state index contributed by atoms with van der Waals surface area (Å²) in [5.74, 6) is 0.879. The third-order valence-corrected chi connectivity index (χ3v) is 2.49. The van der Waals surface area contributed by atoms with Crippen LogP contribution < -0.4 is 0 Å². The van der Waals surface area contributed by atoms with Gasteiger partial charge in [-0.15, -0.1) is 11.8 Å². The van der Waals surface area contributed by atoms with Crippen LogP contribution in [0, 0.1) is 11.3 Å². The van der Waals surface area contributed by atoms with Gasteiger partial charge in [0.1, 0.15) is 11.8 Å². The minimum absolute atomic E-state index is 0.219. The number of thioether (sulfide) groups is 1. The Morgan fingerprint density at radius 1 is 1.54 bits per heavy atom. The number of nitrogens with zero attached hydrogens (tertiary/aromatic N) is 2. The summed E-state index contributed by atoms with van der Waals surface area (Å²) in [7, 11) is 0. The summed E-state index contributed by atoms with van der Waals surface area (Å²) in [5, 5.41) is 17.0. The lowest BCUT2D eigenvalue weighted by Crippen LogP contribution is -1.86. The van der Waals surface area contributed by atoms with E-state index >= 15 is 0 Å². The van der Waals surface area contributed by atoms with E-state index < -0.39 is 0 Å². The van der Waals surface area contributed by atoms with Gasteiger partial charge in [0, 0.05) is 23.5 Å². The summed E-state index contributed by atoms with van der Waals surface area (Å²) < 4.78 is 0. The molecule has 1 aromatic heterocycles. The Morgan fingerprint density at radius 3 is 2.92 bits per heavy atom. The van der Waals surface area contributed by atoms with Crippen molar-refractivity contribution < 1.29 is 5.11 Å². The monoisotopic (exact) mass is 194 g/mol. The molecule has 3 nitrogen and oxygen atoms in total. The molecule has 0 aromatic carbocycles. The third-order valence-electron chi connectivity index (χ3n) is 1.42. The van der Waals surface area contributed by atoms with Crippen LogP contribution in [0.5, 0.6) is 0 Å². The van der Waals surface area contributed by atoms with Gasteiger partial charge in [0.2, 0.25) is 0 Å². The van der Waals surface area contributed by atoms with E-state index in [2.05, 4.69) is 4.98 Å². The highest BCUT2D eigenvalue weighted by molar-refractivity contribution is 7.99. The highest BCUT2D eigenvalue weighted by atomic mass is 32.2. The number of hydrogen-bond donors (Lipinski definition) is 1. The zero-order valence-electron chi connectivity index (χ0n) is 7.10. The zero-order chi connectivity index (χ0) is 9.52. The highest BCUT2D eigenvalue weighted by Gasteiger charge is 1.95. The van der Waals surface area contributed by atoms with E-state index in [1.807, 2.05) is 12.1 Å². The maximum atomic E-state index is 8.55. The Hall–Kier alpha value is -1.05. The SMILES string of the molecule is N#Cc1ccc(SCCCO)cn1. The number of rotatable bonds is 4. The van der Waals surface area contributed by atoms with Gasteiger partial charge in [0.25, 0.3) is 0 Å². The predicted molar refractivity (Wildman–Crippen MR) is 51.4 cm³/mol. The van der Waals surface area contributed by atoms with E-state index in [1.165, 1.54) is 0 Å². The second-order valence-electron chi connectivity index (χ2n) is 2.42. The van der Waals surface area contributed by atoms with Gasteiger partial charge < -0.3 is 5.11 Å². The lowest BCUT2D eigenvalue weighted by Gasteiger charge is -1.98. The van der Waals surface area contributed by atoms with Gasteiger partial charge in [-0.2, -0.15) is 5.26 Å². The van der Waals surface area contributed by atoms with Crippen LogP contribution in [-0.2, 0) is 0 Å². The molecule has 0 aliphatic heterocycles. The molecule has 0 aliphatic carbocycles. The molecule has 0 fully saturated rings. The first kappa shape index (κ1) is 10.0. The molecule has 0 bridgehead atoms. The molecule has 0 spiro atoms. The van der Waals surface area contributed by atoms with E-state index in [0.717, 1.165) is 17.1 Å². The number of pyridine rings is 1. The fourth-order valence-electron chi connectivity index (χ4n) is 0.786. The molecule has 1 N–H and O–H groups in total. The molecule has 0 amide bonds. The van der Waals surface area contributed by atoms with E-state index in [1.54, 1.807) is 24.0 Å². The smallest absolute Gasteiger partial charge is 0.140 e. The van der Waals surface area contributed by atoms with Crippen molar-refractivity contribution in [3.8, 4) is 6.07 Å². The fraction of sp³-hybridized carbons (Fsp3) is 0.333. The van der Waals surface area contributed by atoms with E-state index in [9.17, 15) is 0 Å². The van der Waals surface area contributed by atoms with Crippen molar-refractivity contribution in [1.29, 1.82) is 5.26 Å². The lowest BCUT2D eigenvalue weighted by atomic mass is 10.4. The Bertz CT molecular complexity index is 291. The van der Waals surface area contributed by atoms with Crippen molar-refractivity contribution in [1.82, 2.24) is 4.98 Å². The maximum absolute atomic E-state index is 8.55. The Labute approximate surface area is 81.4 Å². The molecular formula is C9H10N2OS. The van der Waals surface area contributed by atoms with Crippen LogP contribution in [0.2, 0.25) is 0 Å². The summed E-state index contributed by atoms with van der Waals surface area (Å²) >= 11 is 1.63. The quantitative estimate of drug-likeness (QED) is 0.582. The number of aromatic nitrogens is 1. The van der Waals surface area contributed by atoms with Gasteiger partial charge in [0.15, 0.2) is 0 Å². The number of aliphatic hydroxyl groups excluding tert-OH is 1. The largest absolute Gasteiger partial charge is 0.396 e. The van der Waals surface area contributed by atoms with Crippen LogP contribution in [0.25, 0.3) is 0 Å². The summed E-state index contributed by atoms with van der Waals surface area (Å²) in [6.45, 7) is 0.219. The summed E-state index contributed by atoms with van der Waals surface area (Å²) in [6.07, 6.45) is 2.46. The first-order valence-electron chi connectivity index (χ1n) is 3.96. The lowest BCUT2D eigenvalue weighted by molar-refractivity contribution is 0.296. The highest BCUT2D eigenvalue weighted by Crippen LogP contribution is 2.17. The third kappa shape index (κ3) is 3.45. The average Bonchev–Trinajstić information content (AvgIpc) is 2.19. The number of aliphatic hydroxyl groups is 1. The van der Waals surface area contributed by atoms with Gasteiger partial charge in [-0.25, -0.2) is 4.98 Å². The van der Waals surface area contributed by atoms with Gasteiger partial charge in [0.05, 0.1) is 0 Å². The molecule has 4 heteroatoms. The second kappa shape index (κ2) is 5.57. The van der Waals surface area contributed by atoms with E-state index in [-0.39, 0.29) is 6.61 Å². The topological polar surface area (TPSA) is 56.9 Å². The fourth-order valence-corrected chi connectivity index (χ4v) is 1.59. The molecule has 0 aliphatic rings. The molecule has 1 heterocycles. The normalized spacial score (nSPS) is 9.54. The van der Waals surface area contributed by atoms with Crippen molar-refractivity contribution >= 4 is 11.8 Å². The second-order valence-corrected chi connectivity index (χ2v) is 3.58. The zero-order valence-corrected chi connectivity index (χ0v) is 7.92. The van der Waals surface area contributed by atoms with Crippen molar-refractivity contribution in [3.63, 3.8) is 0 Å². The van der Waals surface area contributed by atoms with Gasteiger partial charge in [-0.1, -0.05) is 0 Å². The molecule has 0 saturated carbocycles. The summed E-state index contributed by atoms with van der Waals surface area (Å²) in [4.78, 5) is 4.97. The minimum Gasteiger partial charge on any atom is -0.396 e. The van der Waals surface area contributed by atoms with Crippen molar-refractivity contribution in [3.05, 3.63) is 24.0 Å². The van der Waals surface area contributed by atoms with Crippen molar-refractivity contribution in [2.75, 3.05) is 12.4 Å². The van der Waals surface area contributed by atoms with Gasteiger partial charge in [-0.05, 0) is 18.6 Å². The Kier molecular flexibility index (Phi) is 4.30. The van der Waals surface area contributed by atoms with Crippen molar-refractivity contribution in [2.45, 2.75) is 11.3 Å². The standard InChI is InChI=1S/C9H10N2OS/c10-6-8-2-3-9(7-11-8)13-5-1-4-12/h2-3,7,12H,1,4-5H2. The first-order valence-corrected chi connectivity index (χ1v) is 4.95. The van der Waals surface area contributed by atoms with Gasteiger partial charge in [-0.3, -0.25) is 0 Å². The molecule has 13 heavy (non-hydrogen) atoms. The van der Waals surface area contributed by atoms with Crippen molar-refractivity contribution in [2.24, 2.45) is 0 Å². The maximum Gasteiger partial charge on any atom is 0.140 e. The Morgan fingerprint density at radius 2 is 2.38 bits per heavy atom. The first-order chi connectivity index (χ1) is 6.36. The Balaban J connectivity index is 2.46. The molecule has 68 valence electrons. The molecule has 1 rings (SSSR count). The van der Waals surface area contributed by atoms with Crippen LogP contribution in [0.1, 0.15) is 12.1 Å². The molecule has 0 unspecified atom stereocenters. The van der Waals surface area contributed by atoms with E-state index in [4.69, 9.17) is 10.4 Å². The number of hydrogen-bond acceptors (Lipinski definition) is 4. The average molecular weight is 194 g/mol. The predicted octanol–water partition coefficient (Wildman–Crippen LogP) is 1.43. The minimum atomic E-state index is 0.219. The van der Waals surface area contributed by atoms with Crippen LogP contribution in [0.4, 0.5) is 0 Å². The molecule has 1 aromatic rings. The molecule has 0 radical (unpaired) electrons.